The topological polar surface area (TPSA) is 58.2 Å². The fourth-order valence-electron chi connectivity index (χ4n) is 1.77. The van der Waals surface area contributed by atoms with Gasteiger partial charge in [-0.05, 0) is 47.0 Å². The van der Waals surface area contributed by atoms with Crippen LogP contribution in [0.5, 0.6) is 0 Å². The van der Waals surface area contributed by atoms with Crippen LogP contribution in [0.25, 0.3) is 0 Å². The highest BCUT2D eigenvalue weighted by Gasteiger charge is 2.27. The fourth-order valence-corrected chi connectivity index (χ4v) is 2.11. The average Bonchev–Trinajstić information content (AvgIpc) is 2.70. The Morgan fingerprint density at radius 3 is 2.94 bits per heavy atom. The number of anilines is 1. The predicted octanol–water partition coefficient (Wildman–Crippen LogP) is 1.97. The van der Waals surface area contributed by atoms with Crippen LogP contribution in [0.3, 0.4) is 0 Å². The largest absolute Gasteiger partial charge is 0.344 e. The minimum Gasteiger partial charge on any atom is -0.344 e. The summed E-state index contributed by atoms with van der Waals surface area (Å²) in [7, 11) is 0. The van der Waals surface area contributed by atoms with Gasteiger partial charge in [-0.2, -0.15) is 0 Å². The van der Waals surface area contributed by atoms with Gasteiger partial charge in [0.25, 0.3) is 0 Å². The van der Waals surface area contributed by atoms with Gasteiger partial charge in [-0.25, -0.2) is 0 Å². The van der Waals surface area contributed by atoms with Crippen molar-refractivity contribution < 1.29 is 9.59 Å². The first-order valence-electron chi connectivity index (χ1n) is 5.42. The molecule has 1 aliphatic heterocycles. The van der Waals surface area contributed by atoms with Crippen LogP contribution < -0.4 is 10.6 Å². The van der Waals surface area contributed by atoms with Crippen LogP contribution in [0.2, 0.25) is 0 Å². The van der Waals surface area contributed by atoms with E-state index in [2.05, 4.69) is 26.6 Å². The maximum Gasteiger partial charge on any atom is 0.246 e. The van der Waals surface area contributed by atoms with Gasteiger partial charge in [-0.1, -0.05) is 6.07 Å². The first-order valence-corrected chi connectivity index (χ1v) is 6.22. The van der Waals surface area contributed by atoms with E-state index in [1.807, 2.05) is 25.1 Å². The third-order valence-corrected chi connectivity index (χ3v) is 3.38. The molecule has 0 saturated carbocycles. The number of aryl methyl sites for hydroxylation is 1. The van der Waals surface area contributed by atoms with Crippen molar-refractivity contribution in [3.8, 4) is 0 Å². The molecule has 1 atom stereocenters. The van der Waals surface area contributed by atoms with Gasteiger partial charge in [0.1, 0.15) is 6.04 Å². The summed E-state index contributed by atoms with van der Waals surface area (Å²) in [4.78, 5) is 22.9. The second-order valence-corrected chi connectivity index (χ2v) is 4.99. The third kappa shape index (κ3) is 2.85. The summed E-state index contributed by atoms with van der Waals surface area (Å²) in [5, 5.41) is 5.45. The molecule has 5 heteroatoms. The number of carbonyl (C=O) groups is 2. The molecule has 1 heterocycles. The molecule has 17 heavy (non-hydrogen) atoms. The molecule has 2 amide bonds. The molecule has 4 nitrogen and oxygen atoms in total. The molecule has 1 aliphatic rings. The van der Waals surface area contributed by atoms with Crippen LogP contribution in [-0.2, 0) is 9.59 Å². The van der Waals surface area contributed by atoms with Crippen molar-refractivity contribution in [2.45, 2.75) is 25.8 Å². The SMILES string of the molecule is Cc1ccc(Br)c(NC(=O)[C@@H]2CCC(=O)N2)c1. The van der Waals surface area contributed by atoms with Crippen molar-refractivity contribution in [2.24, 2.45) is 0 Å². The van der Waals surface area contributed by atoms with E-state index in [-0.39, 0.29) is 11.8 Å². The Labute approximate surface area is 108 Å². The number of rotatable bonds is 2. The zero-order chi connectivity index (χ0) is 12.4. The van der Waals surface area contributed by atoms with Gasteiger partial charge in [0.2, 0.25) is 11.8 Å². The number of hydrogen-bond donors (Lipinski definition) is 2. The molecular weight excluding hydrogens is 284 g/mol. The minimum atomic E-state index is -0.407. The number of halogens is 1. The van der Waals surface area contributed by atoms with E-state index in [9.17, 15) is 9.59 Å². The van der Waals surface area contributed by atoms with Gasteiger partial charge in [0.05, 0.1) is 5.69 Å². The Morgan fingerprint density at radius 1 is 1.53 bits per heavy atom. The van der Waals surface area contributed by atoms with E-state index in [1.54, 1.807) is 0 Å². The van der Waals surface area contributed by atoms with Crippen molar-refractivity contribution in [3.05, 3.63) is 28.2 Å². The third-order valence-electron chi connectivity index (χ3n) is 2.69. The van der Waals surface area contributed by atoms with Crippen LogP contribution >= 0.6 is 15.9 Å². The number of benzene rings is 1. The smallest absolute Gasteiger partial charge is 0.246 e. The first-order chi connectivity index (χ1) is 8.06. The Hall–Kier alpha value is -1.36. The van der Waals surface area contributed by atoms with Gasteiger partial charge < -0.3 is 10.6 Å². The lowest BCUT2D eigenvalue weighted by Crippen LogP contribution is -2.37. The maximum atomic E-state index is 11.9. The summed E-state index contributed by atoms with van der Waals surface area (Å²) in [5.74, 6) is -0.226. The van der Waals surface area contributed by atoms with E-state index < -0.39 is 6.04 Å². The molecule has 1 aromatic carbocycles. The van der Waals surface area contributed by atoms with Crippen molar-refractivity contribution >= 4 is 33.4 Å². The second kappa shape index (κ2) is 4.87. The van der Waals surface area contributed by atoms with Crippen molar-refractivity contribution in [3.63, 3.8) is 0 Å². The number of carbonyl (C=O) groups excluding carboxylic acids is 2. The molecular formula is C12H13BrN2O2. The van der Waals surface area contributed by atoms with E-state index in [0.717, 1.165) is 15.7 Å². The lowest BCUT2D eigenvalue weighted by Gasteiger charge is -2.12. The normalized spacial score (nSPS) is 18.9. The van der Waals surface area contributed by atoms with Gasteiger partial charge in [-0.15, -0.1) is 0 Å². The molecule has 0 radical (unpaired) electrons. The number of nitrogens with one attached hydrogen (secondary N) is 2. The highest BCUT2D eigenvalue weighted by Crippen LogP contribution is 2.24. The standard InChI is InChI=1S/C12H13BrN2O2/c1-7-2-3-8(13)10(6-7)15-12(17)9-4-5-11(16)14-9/h2-3,6,9H,4-5H2,1H3,(H,14,16)(H,15,17)/t9-/m0/s1. The molecule has 1 saturated heterocycles. The highest BCUT2D eigenvalue weighted by molar-refractivity contribution is 9.10. The summed E-state index contributed by atoms with van der Waals surface area (Å²) in [6.45, 7) is 1.96. The monoisotopic (exact) mass is 296 g/mol. The molecule has 0 spiro atoms. The average molecular weight is 297 g/mol. The molecule has 0 unspecified atom stereocenters. The summed E-state index contributed by atoms with van der Waals surface area (Å²) in [6.07, 6.45) is 0.987. The van der Waals surface area contributed by atoms with E-state index in [1.165, 1.54) is 0 Å². The van der Waals surface area contributed by atoms with Crippen LogP contribution in [0.15, 0.2) is 22.7 Å². The maximum absolute atomic E-state index is 11.9. The quantitative estimate of drug-likeness (QED) is 0.877. The molecule has 0 aromatic heterocycles. The predicted molar refractivity (Wildman–Crippen MR) is 68.7 cm³/mol. The van der Waals surface area contributed by atoms with Crippen molar-refractivity contribution in [1.29, 1.82) is 0 Å². The molecule has 2 N–H and O–H groups in total. The molecule has 90 valence electrons. The van der Waals surface area contributed by atoms with Gasteiger partial charge in [0.15, 0.2) is 0 Å². The Balaban J connectivity index is 2.07. The van der Waals surface area contributed by atoms with Crippen LogP contribution in [0, 0.1) is 6.92 Å². The molecule has 1 aromatic rings. The summed E-state index contributed by atoms with van der Waals surface area (Å²) < 4.78 is 0.834. The van der Waals surface area contributed by atoms with Gasteiger partial charge in [-0.3, -0.25) is 9.59 Å². The van der Waals surface area contributed by atoms with E-state index in [4.69, 9.17) is 0 Å². The summed E-state index contributed by atoms with van der Waals surface area (Å²) >= 11 is 3.38. The Bertz CT molecular complexity index is 474. The molecule has 0 aliphatic carbocycles. The Morgan fingerprint density at radius 2 is 2.29 bits per heavy atom. The minimum absolute atomic E-state index is 0.0616. The fraction of sp³-hybridized carbons (Fsp3) is 0.333. The van der Waals surface area contributed by atoms with Gasteiger partial charge in [0, 0.05) is 10.9 Å². The lowest BCUT2D eigenvalue weighted by molar-refractivity contribution is -0.122. The second-order valence-electron chi connectivity index (χ2n) is 4.13. The molecule has 0 bridgehead atoms. The number of hydrogen-bond acceptors (Lipinski definition) is 2. The zero-order valence-corrected chi connectivity index (χ0v) is 11.0. The van der Waals surface area contributed by atoms with Crippen molar-refractivity contribution in [1.82, 2.24) is 5.32 Å². The molecule has 1 fully saturated rings. The van der Waals surface area contributed by atoms with Crippen LogP contribution in [0.4, 0.5) is 5.69 Å². The van der Waals surface area contributed by atoms with Crippen LogP contribution in [-0.4, -0.2) is 17.9 Å². The summed E-state index contributed by atoms with van der Waals surface area (Å²) in [6, 6.07) is 5.32. The van der Waals surface area contributed by atoms with E-state index in [0.29, 0.717) is 12.8 Å². The highest BCUT2D eigenvalue weighted by atomic mass is 79.9. The van der Waals surface area contributed by atoms with Crippen molar-refractivity contribution in [2.75, 3.05) is 5.32 Å². The Kier molecular flexibility index (Phi) is 3.47. The van der Waals surface area contributed by atoms with Crippen LogP contribution in [0.1, 0.15) is 18.4 Å². The van der Waals surface area contributed by atoms with Gasteiger partial charge >= 0.3 is 0 Å². The first kappa shape index (κ1) is 12.1. The van der Waals surface area contributed by atoms with E-state index >= 15 is 0 Å². The molecule has 2 rings (SSSR count). The lowest BCUT2D eigenvalue weighted by atomic mass is 10.2. The number of amides is 2. The zero-order valence-electron chi connectivity index (χ0n) is 9.42. The summed E-state index contributed by atoms with van der Waals surface area (Å²) in [5.41, 5.74) is 1.80.